The van der Waals surface area contributed by atoms with Gasteiger partial charge in [-0.05, 0) is 25.7 Å². The molecule has 0 radical (unpaired) electrons. The molecule has 0 aromatic heterocycles. The number of carbonyl (C=O) groups is 2. The van der Waals surface area contributed by atoms with Crippen LogP contribution >= 0.6 is 0 Å². The molecule has 0 aromatic rings. The van der Waals surface area contributed by atoms with Gasteiger partial charge in [-0.1, -0.05) is 19.8 Å². The molecule has 2 N–H and O–H groups in total. The molecule has 0 bridgehead atoms. The molecule has 0 unspecified atom stereocenters. The Morgan fingerprint density at radius 2 is 2.06 bits per heavy atom. The number of urea groups is 1. The summed E-state index contributed by atoms with van der Waals surface area (Å²) in [5.74, 6) is -1.04. The zero-order chi connectivity index (χ0) is 13.5. The van der Waals surface area contributed by atoms with Crippen LogP contribution in [0.2, 0.25) is 0 Å². The standard InChI is InChI=1S/C13H24N2O3/c1-3-4-5-8-15(2)13(18)14-11-7-6-10(9-11)12(16)17/h10-11H,3-9H2,1-2H3,(H,14,18)(H,16,17)/t10-,11+/m1/s1. The van der Waals surface area contributed by atoms with Crippen molar-refractivity contribution < 1.29 is 14.7 Å². The van der Waals surface area contributed by atoms with E-state index in [1.165, 1.54) is 0 Å². The van der Waals surface area contributed by atoms with Crippen molar-refractivity contribution in [3.8, 4) is 0 Å². The number of amides is 2. The predicted molar refractivity (Wildman–Crippen MR) is 69.5 cm³/mol. The fraction of sp³-hybridized carbons (Fsp3) is 0.846. The van der Waals surface area contributed by atoms with Gasteiger partial charge in [0.15, 0.2) is 0 Å². The number of carbonyl (C=O) groups excluding carboxylic acids is 1. The molecular formula is C13H24N2O3. The highest BCUT2D eigenvalue weighted by molar-refractivity contribution is 5.75. The van der Waals surface area contributed by atoms with Crippen LogP contribution in [0.4, 0.5) is 4.79 Å². The van der Waals surface area contributed by atoms with Gasteiger partial charge in [-0.3, -0.25) is 4.79 Å². The molecule has 18 heavy (non-hydrogen) atoms. The molecule has 2 atom stereocenters. The summed E-state index contributed by atoms with van der Waals surface area (Å²) < 4.78 is 0. The van der Waals surface area contributed by atoms with E-state index in [-0.39, 0.29) is 18.0 Å². The second-order valence-corrected chi connectivity index (χ2v) is 5.12. The summed E-state index contributed by atoms with van der Waals surface area (Å²) in [5.41, 5.74) is 0. The maximum Gasteiger partial charge on any atom is 0.317 e. The first kappa shape index (κ1) is 14.8. The number of nitrogens with one attached hydrogen (secondary N) is 1. The second-order valence-electron chi connectivity index (χ2n) is 5.12. The first-order valence-corrected chi connectivity index (χ1v) is 6.79. The summed E-state index contributed by atoms with van der Waals surface area (Å²) in [6, 6.07) is -0.0608. The molecule has 1 saturated carbocycles. The third-order valence-corrected chi connectivity index (χ3v) is 3.55. The van der Waals surface area contributed by atoms with Crippen molar-refractivity contribution >= 4 is 12.0 Å². The van der Waals surface area contributed by atoms with Crippen LogP contribution in [0.25, 0.3) is 0 Å². The Labute approximate surface area is 109 Å². The van der Waals surface area contributed by atoms with Gasteiger partial charge >= 0.3 is 12.0 Å². The lowest BCUT2D eigenvalue weighted by atomic mass is 10.1. The number of nitrogens with zero attached hydrogens (tertiary/aromatic N) is 1. The molecule has 2 amide bonds. The lowest BCUT2D eigenvalue weighted by Gasteiger charge is -2.21. The van der Waals surface area contributed by atoms with Crippen molar-refractivity contribution in [3.63, 3.8) is 0 Å². The largest absolute Gasteiger partial charge is 0.481 e. The topological polar surface area (TPSA) is 69.6 Å². The minimum absolute atomic E-state index is 0.0206. The Morgan fingerprint density at radius 1 is 1.33 bits per heavy atom. The predicted octanol–water partition coefficient (Wildman–Crippen LogP) is 2.07. The quantitative estimate of drug-likeness (QED) is 0.715. The summed E-state index contributed by atoms with van der Waals surface area (Å²) in [5, 5.41) is 11.8. The first-order chi connectivity index (χ1) is 8.54. The Balaban J connectivity index is 2.26. The number of hydrogen-bond donors (Lipinski definition) is 2. The number of rotatable bonds is 6. The molecule has 1 aliphatic carbocycles. The summed E-state index contributed by atoms with van der Waals surface area (Å²) in [6.45, 7) is 2.89. The van der Waals surface area contributed by atoms with E-state index in [0.29, 0.717) is 12.8 Å². The Hall–Kier alpha value is -1.26. The Morgan fingerprint density at radius 3 is 2.61 bits per heavy atom. The SMILES string of the molecule is CCCCCN(C)C(=O)N[C@H]1CC[C@@H](C(=O)O)C1. The molecule has 0 heterocycles. The monoisotopic (exact) mass is 256 g/mol. The normalized spacial score (nSPS) is 22.8. The molecule has 1 fully saturated rings. The van der Waals surface area contributed by atoms with Gasteiger partial charge in [-0.15, -0.1) is 0 Å². The molecule has 1 aliphatic rings. The zero-order valence-corrected chi connectivity index (χ0v) is 11.3. The minimum Gasteiger partial charge on any atom is -0.481 e. The molecule has 0 aromatic carbocycles. The highest BCUT2D eigenvalue weighted by Crippen LogP contribution is 2.25. The van der Waals surface area contributed by atoms with E-state index >= 15 is 0 Å². The fourth-order valence-corrected chi connectivity index (χ4v) is 2.32. The molecule has 0 spiro atoms. The molecule has 1 rings (SSSR count). The molecule has 0 saturated heterocycles. The number of unbranched alkanes of at least 4 members (excludes halogenated alkanes) is 2. The van der Waals surface area contributed by atoms with E-state index in [4.69, 9.17) is 5.11 Å². The van der Waals surface area contributed by atoms with Crippen molar-refractivity contribution in [1.29, 1.82) is 0 Å². The molecule has 104 valence electrons. The van der Waals surface area contributed by atoms with E-state index in [1.807, 2.05) is 0 Å². The van der Waals surface area contributed by atoms with Gasteiger partial charge in [0.25, 0.3) is 0 Å². The molecule has 5 nitrogen and oxygen atoms in total. The zero-order valence-electron chi connectivity index (χ0n) is 11.3. The van der Waals surface area contributed by atoms with Gasteiger partial charge in [-0.2, -0.15) is 0 Å². The van der Waals surface area contributed by atoms with Gasteiger partial charge in [0, 0.05) is 19.6 Å². The van der Waals surface area contributed by atoms with Crippen molar-refractivity contribution in [2.45, 2.75) is 51.5 Å². The first-order valence-electron chi connectivity index (χ1n) is 6.79. The van der Waals surface area contributed by atoms with E-state index in [9.17, 15) is 9.59 Å². The van der Waals surface area contributed by atoms with Gasteiger partial charge < -0.3 is 15.3 Å². The summed E-state index contributed by atoms with van der Waals surface area (Å²) in [6.07, 6.45) is 5.28. The average molecular weight is 256 g/mol. The van der Waals surface area contributed by atoms with Gasteiger partial charge in [0.05, 0.1) is 5.92 Å². The van der Waals surface area contributed by atoms with Crippen molar-refractivity contribution in [2.24, 2.45) is 5.92 Å². The number of hydrogen-bond acceptors (Lipinski definition) is 2. The number of carboxylic acids is 1. The van der Waals surface area contributed by atoms with E-state index in [1.54, 1.807) is 11.9 Å². The highest BCUT2D eigenvalue weighted by Gasteiger charge is 2.30. The third kappa shape index (κ3) is 4.55. The third-order valence-electron chi connectivity index (χ3n) is 3.55. The van der Waals surface area contributed by atoms with Crippen LogP contribution in [0.3, 0.4) is 0 Å². The van der Waals surface area contributed by atoms with Crippen LogP contribution in [0.5, 0.6) is 0 Å². The van der Waals surface area contributed by atoms with Crippen LogP contribution < -0.4 is 5.32 Å². The lowest BCUT2D eigenvalue weighted by molar-refractivity contribution is -0.141. The van der Waals surface area contributed by atoms with E-state index in [0.717, 1.165) is 32.2 Å². The summed E-state index contributed by atoms with van der Waals surface area (Å²) in [4.78, 5) is 24.3. The highest BCUT2D eigenvalue weighted by atomic mass is 16.4. The Bertz CT molecular complexity index is 294. The summed E-state index contributed by atoms with van der Waals surface area (Å²) >= 11 is 0. The molecule has 0 aliphatic heterocycles. The van der Waals surface area contributed by atoms with Crippen molar-refractivity contribution in [1.82, 2.24) is 10.2 Å². The fourth-order valence-electron chi connectivity index (χ4n) is 2.32. The van der Waals surface area contributed by atoms with Crippen LogP contribution in [0.1, 0.15) is 45.4 Å². The lowest BCUT2D eigenvalue weighted by Crippen LogP contribution is -2.42. The second kappa shape index (κ2) is 7.24. The maximum absolute atomic E-state index is 11.8. The van der Waals surface area contributed by atoms with E-state index in [2.05, 4.69) is 12.2 Å². The van der Waals surface area contributed by atoms with Crippen molar-refractivity contribution in [2.75, 3.05) is 13.6 Å². The summed E-state index contributed by atoms with van der Waals surface area (Å²) in [7, 11) is 1.79. The van der Waals surface area contributed by atoms with Crippen molar-refractivity contribution in [3.05, 3.63) is 0 Å². The average Bonchev–Trinajstić information content (AvgIpc) is 2.77. The molecular weight excluding hydrogens is 232 g/mol. The molecule has 5 heteroatoms. The van der Waals surface area contributed by atoms with E-state index < -0.39 is 5.97 Å². The van der Waals surface area contributed by atoms with Gasteiger partial charge in [-0.25, -0.2) is 4.79 Å². The van der Waals surface area contributed by atoms with Crippen LogP contribution in [0.15, 0.2) is 0 Å². The number of carboxylic acid groups (broad SMARTS) is 1. The maximum atomic E-state index is 11.8. The minimum atomic E-state index is -0.747. The van der Waals surface area contributed by atoms with Crippen LogP contribution in [-0.4, -0.2) is 41.6 Å². The van der Waals surface area contributed by atoms with Gasteiger partial charge in [0.2, 0.25) is 0 Å². The van der Waals surface area contributed by atoms with Gasteiger partial charge in [0.1, 0.15) is 0 Å². The number of aliphatic carboxylic acids is 1. The van der Waals surface area contributed by atoms with Crippen LogP contribution in [0, 0.1) is 5.92 Å². The van der Waals surface area contributed by atoms with Crippen LogP contribution in [-0.2, 0) is 4.79 Å². The smallest absolute Gasteiger partial charge is 0.317 e. The Kier molecular flexibility index (Phi) is 5.95.